The SMILES string of the molecule is O=C(N[C@H](Cc1ccccc1)C(=O)Nc1ncnc2c1ncn2[C@@H]1O[C@H](CO)[C@@H](O)[C@H]1O)OCc1ccccc1. The molecule has 5 rings (SSSR count). The molecule has 13 heteroatoms. The van der Waals surface area contributed by atoms with Crippen molar-refractivity contribution in [3.05, 3.63) is 84.4 Å². The Morgan fingerprint density at radius 2 is 1.68 bits per heavy atom. The number of nitrogens with zero attached hydrogens (tertiary/aromatic N) is 4. The fourth-order valence-corrected chi connectivity index (χ4v) is 4.41. The van der Waals surface area contributed by atoms with E-state index in [2.05, 4.69) is 25.6 Å². The number of anilines is 1. The van der Waals surface area contributed by atoms with Crippen LogP contribution in [0.3, 0.4) is 0 Å². The number of aliphatic hydroxyl groups is 3. The number of aromatic nitrogens is 4. The third-order valence-corrected chi connectivity index (χ3v) is 6.50. The maximum Gasteiger partial charge on any atom is 0.408 e. The number of hydrogen-bond acceptors (Lipinski definition) is 10. The lowest BCUT2D eigenvalue weighted by molar-refractivity contribution is -0.118. The maximum absolute atomic E-state index is 13.4. The van der Waals surface area contributed by atoms with E-state index in [9.17, 15) is 24.9 Å². The van der Waals surface area contributed by atoms with Crippen LogP contribution in [0.2, 0.25) is 0 Å². The lowest BCUT2D eigenvalue weighted by atomic mass is 10.1. The Morgan fingerprint density at radius 3 is 2.35 bits per heavy atom. The zero-order valence-electron chi connectivity index (χ0n) is 21.2. The highest BCUT2D eigenvalue weighted by atomic mass is 16.6. The summed E-state index contributed by atoms with van der Waals surface area (Å²) in [6.45, 7) is -0.446. The molecule has 3 heterocycles. The molecule has 0 saturated carbocycles. The number of fused-ring (bicyclic) bond motifs is 1. The van der Waals surface area contributed by atoms with E-state index in [1.807, 2.05) is 60.7 Å². The molecule has 5 atom stereocenters. The van der Waals surface area contributed by atoms with Gasteiger partial charge in [0, 0.05) is 6.42 Å². The highest BCUT2D eigenvalue weighted by molar-refractivity contribution is 6.00. The van der Waals surface area contributed by atoms with Crippen molar-refractivity contribution in [2.24, 2.45) is 0 Å². The van der Waals surface area contributed by atoms with Crippen LogP contribution in [-0.2, 0) is 27.3 Å². The molecule has 40 heavy (non-hydrogen) atoms. The lowest BCUT2D eigenvalue weighted by Gasteiger charge is -2.19. The molecule has 4 aromatic rings. The van der Waals surface area contributed by atoms with Crippen LogP contribution < -0.4 is 10.6 Å². The normalized spacial score (nSPS) is 21.2. The molecular weight excluding hydrogens is 520 g/mol. The van der Waals surface area contributed by atoms with Crippen molar-refractivity contribution in [2.45, 2.75) is 43.6 Å². The third kappa shape index (κ3) is 5.92. The van der Waals surface area contributed by atoms with Gasteiger partial charge in [-0.1, -0.05) is 60.7 Å². The summed E-state index contributed by atoms with van der Waals surface area (Å²) in [6, 6.07) is 17.3. The molecule has 208 valence electrons. The minimum atomic E-state index is -1.34. The Balaban J connectivity index is 1.34. The molecule has 0 unspecified atom stereocenters. The fraction of sp³-hybridized carbons (Fsp3) is 0.296. The summed E-state index contributed by atoms with van der Waals surface area (Å²) in [5.41, 5.74) is 2.02. The number of benzene rings is 2. The number of aliphatic hydroxyl groups excluding tert-OH is 3. The predicted octanol–water partition coefficient (Wildman–Crippen LogP) is 0.914. The summed E-state index contributed by atoms with van der Waals surface area (Å²) in [6.07, 6.45) is -2.75. The van der Waals surface area contributed by atoms with Crippen LogP contribution in [0.25, 0.3) is 11.2 Å². The molecule has 2 amide bonds. The molecule has 1 fully saturated rings. The molecule has 5 N–H and O–H groups in total. The van der Waals surface area contributed by atoms with Crippen molar-refractivity contribution in [1.82, 2.24) is 24.8 Å². The van der Waals surface area contributed by atoms with Crippen molar-refractivity contribution >= 4 is 29.0 Å². The molecule has 2 aromatic carbocycles. The van der Waals surface area contributed by atoms with E-state index in [4.69, 9.17) is 9.47 Å². The molecule has 2 aromatic heterocycles. The Morgan fingerprint density at radius 1 is 0.975 bits per heavy atom. The Kier molecular flexibility index (Phi) is 8.26. The smallest absolute Gasteiger partial charge is 0.408 e. The second-order valence-corrected chi connectivity index (χ2v) is 9.21. The molecule has 1 saturated heterocycles. The number of ether oxygens (including phenoxy) is 2. The third-order valence-electron chi connectivity index (χ3n) is 6.50. The van der Waals surface area contributed by atoms with Gasteiger partial charge >= 0.3 is 6.09 Å². The van der Waals surface area contributed by atoms with Crippen molar-refractivity contribution in [2.75, 3.05) is 11.9 Å². The van der Waals surface area contributed by atoms with E-state index in [-0.39, 0.29) is 30.0 Å². The second kappa shape index (κ2) is 12.2. The molecule has 13 nitrogen and oxygen atoms in total. The summed E-state index contributed by atoms with van der Waals surface area (Å²) >= 11 is 0. The summed E-state index contributed by atoms with van der Waals surface area (Å²) in [7, 11) is 0. The van der Waals surface area contributed by atoms with Crippen LogP contribution in [0, 0.1) is 0 Å². The van der Waals surface area contributed by atoms with Gasteiger partial charge in [0.2, 0.25) is 5.91 Å². The van der Waals surface area contributed by atoms with Crippen LogP contribution in [0.5, 0.6) is 0 Å². The number of hydrogen-bond donors (Lipinski definition) is 5. The van der Waals surface area contributed by atoms with Gasteiger partial charge in [-0.3, -0.25) is 9.36 Å². The molecular formula is C27H28N6O7. The van der Waals surface area contributed by atoms with Gasteiger partial charge in [-0.15, -0.1) is 0 Å². The van der Waals surface area contributed by atoms with Crippen molar-refractivity contribution < 1.29 is 34.4 Å². The Hall–Kier alpha value is -4.43. The van der Waals surface area contributed by atoms with Gasteiger partial charge in [0.05, 0.1) is 12.9 Å². The average Bonchev–Trinajstić information content (AvgIpc) is 3.53. The van der Waals surface area contributed by atoms with Crippen LogP contribution >= 0.6 is 0 Å². The van der Waals surface area contributed by atoms with Crippen molar-refractivity contribution in [3.8, 4) is 0 Å². The van der Waals surface area contributed by atoms with Gasteiger partial charge < -0.3 is 35.4 Å². The minimum Gasteiger partial charge on any atom is -0.445 e. The number of carbonyl (C=O) groups is 2. The molecule has 0 bridgehead atoms. The largest absolute Gasteiger partial charge is 0.445 e. The molecule has 0 spiro atoms. The molecule has 0 radical (unpaired) electrons. The standard InChI is InChI=1S/C27H28N6O7/c34-12-19-21(35)22(36)26(40-19)33-15-30-20-23(28-14-29-24(20)33)32-25(37)18(11-16-7-3-1-4-8-16)31-27(38)39-13-17-9-5-2-6-10-17/h1-10,14-15,18-19,21-22,26,34-36H,11-13H2,(H,31,38)(H,28,29,32,37)/t18-,19-,21-,22-,26-/m1/s1. The van der Waals surface area contributed by atoms with Crippen LogP contribution in [0.15, 0.2) is 73.3 Å². The minimum absolute atomic E-state index is 0.0389. The second-order valence-electron chi connectivity index (χ2n) is 9.21. The Bertz CT molecular complexity index is 1450. The van der Waals surface area contributed by atoms with Gasteiger partial charge in [-0.2, -0.15) is 0 Å². The van der Waals surface area contributed by atoms with Crippen LogP contribution in [0.1, 0.15) is 17.4 Å². The van der Waals surface area contributed by atoms with E-state index in [0.717, 1.165) is 11.1 Å². The fourth-order valence-electron chi connectivity index (χ4n) is 4.41. The molecule has 1 aliphatic heterocycles. The van der Waals surface area contributed by atoms with Crippen LogP contribution in [-0.4, -0.2) is 77.8 Å². The number of carbonyl (C=O) groups excluding carboxylic acids is 2. The average molecular weight is 549 g/mol. The summed E-state index contributed by atoms with van der Waals surface area (Å²) in [5, 5.41) is 35.3. The monoisotopic (exact) mass is 548 g/mol. The van der Waals surface area contributed by atoms with E-state index in [1.54, 1.807) is 0 Å². The highest BCUT2D eigenvalue weighted by Gasteiger charge is 2.44. The first-order chi connectivity index (χ1) is 19.4. The van der Waals surface area contributed by atoms with Gasteiger partial charge in [-0.25, -0.2) is 19.7 Å². The number of nitrogens with one attached hydrogen (secondary N) is 2. The van der Waals surface area contributed by atoms with Crippen molar-refractivity contribution in [3.63, 3.8) is 0 Å². The zero-order valence-corrected chi connectivity index (χ0v) is 21.2. The lowest BCUT2D eigenvalue weighted by Crippen LogP contribution is -2.45. The van der Waals surface area contributed by atoms with Gasteiger partial charge in [0.15, 0.2) is 23.2 Å². The van der Waals surface area contributed by atoms with E-state index in [0.29, 0.717) is 0 Å². The highest BCUT2D eigenvalue weighted by Crippen LogP contribution is 2.32. The predicted molar refractivity (Wildman–Crippen MR) is 141 cm³/mol. The number of imidazole rings is 1. The topological polar surface area (TPSA) is 181 Å². The summed E-state index contributed by atoms with van der Waals surface area (Å²) in [5.74, 6) is -0.499. The van der Waals surface area contributed by atoms with E-state index < -0.39 is 49.2 Å². The first kappa shape index (κ1) is 27.1. The number of rotatable bonds is 9. The zero-order chi connectivity index (χ0) is 28.1. The first-order valence-electron chi connectivity index (χ1n) is 12.6. The first-order valence-corrected chi connectivity index (χ1v) is 12.6. The van der Waals surface area contributed by atoms with Crippen molar-refractivity contribution in [1.29, 1.82) is 0 Å². The maximum atomic E-state index is 13.4. The van der Waals surface area contributed by atoms with Gasteiger partial charge in [0.25, 0.3) is 0 Å². The van der Waals surface area contributed by atoms with E-state index in [1.165, 1.54) is 17.2 Å². The van der Waals surface area contributed by atoms with E-state index >= 15 is 0 Å². The quantitative estimate of drug-likeness (QED) is 0.202. The number of alkyl carbamates (subject to hydrolysis) is 1. The molecule has 0 aliphatic carbocycles. The van der Waals surface area contributed by atoms with Gasteiger partial charge in [-0.05, 0) is 11.1 Å². The number of amides is 2. The molecule has 1 aliphatic rings. The summed E-state index contributed by atoms with van der Waals surface area (Å²) in [4.78, 5) is 38.6. The Labute approximate surface area is 228 Å². The van der Waals surface area contributed by atoms with Crippen LogP contribution in [0.4, 0.5) is 10.6 Å². The summed E-state index contributed by atoms with van der Waals surface area (Å²) < 4.78 is 12.3. The van der Waals surface area contributed by atoms with Gasteiger partial charge in [0.1, 0.15) is 37.3 Å².